The number of hydrogen-bond acceptors (Lipinski definition) is 3. The first-order valence-electron chi connectivity index (χ1n) is 10.7. The lowest BCUT2D eigenvalue weighted by Crippen LogP contribution is -2.44. The normalized spacial score (nSPS) is 14.2. The van der Waals surface area contributed by atoms with Crippen LogP contribution >= 0.6 is 15.9 Å². The Hall–Kier alpha value is -3.06. The van der Waals surface area contributed by atoms with Crippen molar-refractivity contribution in [2.24, 2.45) is 5.92 Å². The van der Waals surface area contributed by atoms with E-state index in [0.717, 1.165) is 27.2 Å². The molecule has 3 amide bonds. The van der Waals surface area contributed by atoms with E-state index in [4.69, 9.17) is 4.42 Å². The van der Waals surface area contributed by atoms with Gasteiger partial charge in [-0.15, -0.1) is 0 Å². The molecule has 1 aromatic heterocycles. The van der Waals surface area contributed by atoms with Gasteiger partial charge in [0.05, 0.1) is 6.54 Å². The van der Waals surface area contributed by atoms with Crippen LogP contribution in [-0.2, 0) is 11.3 Å². The lowest BCUT2D eigenvalue weighted by molar-refractivity contribution is -0.136. The van der Waals surface area contributed by atoms with Crippen molar-refractivity contribution in [2.45, 2.75) is 19.4 Å². The number of carbonyl (C=O) groups excluding carboxylic acids is 2. The summed E-state index contributed by atoms with van der Waals surface area (Å²) in [5.41, 5.74) is 1.77. The van der Waals surface area contributed by atoms with E-state index in [-0.39, 0.29) is 17.9 Å². The van der Waals surface area contributed by atoms with Crippen LogP contribution in [0.4, 0.5) is 10.5 Å². The van der Waals surface area contributed by atoms with Gasteiger partial charge in [-0.25, -0.2) is 4.79 Å². The van der Waals surface area contributed by atoms with Gasteiger partial charge in [-0.05, 0) is 49.2 Å². The standard InChI is InChI=1S/C25H26BrN3O3/c1-28(17-22-11-12-23(32-22)18-7-9-20(26)10-8-18)24(30)19-13-15-29(16-14-19)25(31)27-21-5-3-2-4-6-21/h2-12,19H,13-17H2,1H3,(H,27,31). The molecule has 1 N–H and O–H groups in total. The third kappa shape index (κ3) is 5.40. The summed E-state index contributed by atoms with van der Waals surface area (Å²) in [6.45, 7) is 1.55. The predicted molar refractivity (Wildman–Crippen MR) is 128 cm³/mol. The Bertz CT molecular complexity index is 1060. The number of halogens is 1. The number of hydrogen-bond donors (Lipinski definition) is 1. The number of amides is 3. The number of benzene rings is 2. The molecule has 2 aromatic carbocycles. The highest BCUT2D eigenvalue weighted by Crippen LogP contribution is 2.26. The van der Waals surface area contributed by atoms with Crippen LogP contribution in [0.3, 0.4) is 0 Å². The number of nitrogens with zero attached hydrogens (tertiary/aromatic N) is 2. The fraction of sp³-hybridized carbons (Fsp3) is 0.280. The zero-order chi connectivity index (χ0) is 22.5. The fourth-order valence-electron chi connectivity index (χ4n) is 3.91. The highest BCUT2D eigenvalue weighted by Gasteiger charge is 2.29. The molecule has 7 heteroatoms. The van der Waals surface area contributed by atoms with Gasteiger partial charge in [-0.3, -0.25) is 4.79 Å². The molecule has 1 saturated heterocycles. The number of anilines is 1. The van der Waals surface area contributed by atoms with Crippen molar-refractivity contribution in [3.05, 3.63) is 77.0 Å². The summed E-state index contributed by atoms with van der Waals surface area (Å²) in [6, 6.07) is 21.1. The minimum atomic E-state index is -0.119. The highest BCUT2D eigenvalue weighted by atomic mass is 79.9. The van der Waals surface area contributed by atoms with Crippen molar-refractivity contribution >= 4 is 33.6 Å². The molecule has 3 aromatic rings. The summed E-state index contributed by atoms with van der Waals surface area (Å²) >= 11 is 3.44. The Morgan fingerprint density at radius 2 is 1.72 bits per heavy atom. The summed E-state index contributed by atoms with van der Waals surface area (Å²) in [4.78, 5) is 28.9. The molecule has 0 aliphatic carbocycles. The number of furan rings is 1. The minimum absolute atomic E-state index is 0.0818. The van der Waals surface area contributed by atoms with E-state index >= 15 is 0 Å². The van der Waals surface area contributed by atoms with E-state index < -0.39 is 0 Å². The maximum absolute atomic E-state index is 12.9. The van der Waals surface area contributed by atoms with E-state index in [1.165, 1.54) is 0 Å². The SMILES string of the molecule is CN(Cc1ccc(-c2ccc(Br)cc2)o1)C(=O)C1CCN(C(=O)Nc2ccccc2)CC1. The predicted octanol–water partition coefficient (Wildman–Crippen LogP) is 5.61. The number of para-hydroxylation sites is 1. The molecular formula is C25H26BrN3O3. The summed E-state index contributed by atoms with van der Waals surface area (Å²) in [5.74, 6) is 1.54. The first-order valence-corrected chi connectivity index (χ1v) is 11.5. The van der Waals surface area contributed by atoms with E-state index in [1.54, 1.807) is 16.8 Å². The largest absolute Gasteiger partial charge is 0.459 e. The number of likely N-dealkylation sites (tertiary alicyclic amines) is 1. The third-order valence-corrected chi connectivity index (χ3v) is 6.24. The summed E-state index contributed by atoms with van der Waals surface area (Å²) < 4.78 is 6.97. The van der Waals surface area contributed by atoms with Crippen LogP contribution in [0.25, 0.3) is 11.3 Å². The van der Waals surface area contributed by atoms with Crippen LogP contribution in [0.1, 0.15) is 18.6 Å². The molecule has 2 heterocycles. The maximum atomic E-state index is 12.9. The Balaban J connectivity index is 1.28. The van der Waals surface area contributed by atoms with Gasteiger partial charge >= 0.3 is 6.03 Å². The number of rotatable bonds is 5. The third-order valence-electron chi connectivity index (χ3n) is 5.72. The van der Waals surface area contributed by atoms with Crippen LogP contribution in [-0.4, -0.2) is 41.9 Å². The zero-order valence-corrected chi connectivity index (χ0v) is 19.5. The number of urea groups is 1. The second kappa shape index (κ2) is 10.0. The molecular weight excluding hydrogens is 470 g/mol. The first kappa shape index (κ1) is 22.1. The van der Waals surface area contributed by atoms with E-state index in [2.05, 4.69) is 21.2 Å². The van der Waals surface area contributed by atoms with Crippen LogP contribution in [0, 0.1) is 5.92 Å². The number of piperidine rings is 1. The van der Waals surface area contributed by atoms with Gasteiger partial charge in [0.15, 0.2) is 0 Å². The Kier molecular flexibility index (Phi) is 6.95. The Morgan fingerprint density at radius 1 is 1.03 bits per heavy atom. The van der Waals surface area contributed by atoms with Crippen LogP contribution in [0.15, 0.2) is 75.6 Å². The van der Waals surface area contributed by atoms with Gasteiger partial charge in [-0.1, -0.05) is 46.3 Å². The molecule has 0 spiro atoms. The number of carbonyl (C=O) groups is 2. The van der Waals surface area contributed by atoms with Crippen LogP contribution < -0.4 is 5.32 Å². The van der Waals surface area contributed by atoms with Crippen LogP contribution in [0.2, 0.25) is 0 Å². The second-order valence-electron chi connectivity index (χ2n) is 8.02. The molecule has 1 aliphatic heterocycles. The van der Waals surface area contributed by atoms with Gasteiger partial charge < -0.3 is 19.5 Å². The van der Waals surface area contributed by atoms with Gasteiger partial charge in [0.25, 0.3) is 0 Å². The Morgan fingerprint density at radius 3 is 2.41 bits per heavy atom. The summed E-state index contributed by atoms with van der Waals surface area (Å²) in [5, 5.41) is 2.91. The van der Waals surface area contributed by atoms with Gasteiger partial charge in [0.1, 0.15) is 11.5 Å². The zero-order valence-electron chi connectivity index (χ0n) is 18.0. The van der Waals surface area contributed by atoms with Gasteiger partial charge in [-0.2, -0.15) is 0 Å². The molecule has 32 heavy (non-hydrogen) atoms. The summed E-state index contributed by atoms with van der Waals surface area (Å²) in [6.07, 6.45) is 1.32. The van der Waals surface area contributed by atoms with E-state index in [0.29, 0.717) is 32.5 Å². The molecule has 166 valence electrons. The molecule has 0 radical (unpaired) electrons. The quantitative estimate of drug-likeness (QED) is 0.499. The minimum Gasteiger partial charge on any atom is -0.459 e. The molecule has 0 unspecified atom stereocenters. The second-order valence-corrected chi connectivity index (χ2v) is 8.94. The first-order chi connectivity index (χ1) is 15.5. The topological polar surface area (TPSA) is 65.8 Å². The Labute approximate surface area is 196 Å². The van der Waals surface area contributed by atoms with E-state index in [9.17, 15) is 9.59 Å². The molecule has 0 bridgehead atoms. The van der Waals surface area contributed by atoms with Gasteiger partial charge in [0, 0.05) is 41.8 Å². The summed E-state index contributed by atoms with van der Waals surface area (Å²) in [7, 11) is 1.80. The lowest BCUT2D eigenvalue weighted by atomic mass is 9.95. The van der Waals surface area contributed by atoms with Gasteiger partial charge in [0.2, 0.25) is 5.91 Å². The van der Waals surface area contributed by atoms with Crippen molar-refractivity contribution < 1.29 is 14.0 Å². The molecule has 1 fully saturated rings. The van der Waals surface area contributed by atoms with Crippen LogP contribution in [0.5, 0.6) is 0 Å². The van der Waals surface area contributed by atoms with Crippen molar-refractivity contribution in [1.29, 1.82) is 0 Å². The van der Waals surface area contributed by atoms with Crippen molar-refractivity contribution in [3.8, 4) is 11.3 Å². The van der Waals surface area contributed by atoms with Crippen molar-refractivity contribution in [1.82, 2.24) is 9.80 Å². The molecule has 4 rings (SSSR count). The molecule has 1 aliphatic rings. The number of nitrogens with one attached hydrogen (secondary N) is 1. The molecule has 0 saturated carbocycles. The van der Waals surface area contributed by atoms with Crippen molar-refractivity contribution in [2.75, 3.05) is 25.5 Å². The molecule has 6 nitrogen and oxygen atoms in total. The fourth-order valence-corrected chi connectivity index (χ4v) is 4.17. The average Bonchev–Trinajstić information content (AvgIpc) is 3.28. The smallest absolute Gasteiger partial charge is 0.321 e. The lowest BCUT2D eigenvalue weighted by Gasteiger charge is -2.33. The highest BCUT2D eigenvalue weighted by molar-refractivity contribution is 9.10. The van der Waals surface area contributed by atoms with Crippen molar-refractivity contribution in [3.63, 3.8) is 0 Å². The average molecular weight is 496 g/mol. The van der Waals surface area contributed by atoms with E-state index in [1.807, 2.05) is 66.7 Å². The molecule has 0 atom stereocenters. The maximum Gasteiger partial charge on any atom is 0.321 e. The monoisotopic (exact) mass is 495 g/mol.